The summed E-state index contributed by atoms with van der Waals surface area (Å²) in [7, 11) is 0. The van der Waals surface area contributed by atoms with Crippen LogP contribution in [0.3, 0.4) is 0 Å². The number of halogens is 1. The third-order valence-corrected chi connectivity index (χ3v) is 4.72. The maximum atomic E-state index is 12.5. The Labute approximate surface area is 205 Å². The first-order valence-corrected chi connectivity index (χ1v) is 10.7. The Balaban J connectivity index is 1.62. The van der Waals surface area contributed by atoms with Gasteiger partial charge in [0, 0.05) is 6.07 Å². The molecular weight excluding hydrogens is 478 g/mol. The van der Waals surface area contributed by atoms with Gasteiger partial charge in [-0.1, -0.05) is 35.9 Å². The molecule has 0 bridgehead atoms. The molecular formula is C24H20ClN3O7. The van der Waals surface area contributed by atoms with Crippen LogP contribution in [-0.4, -0.2) is 36.2 Å². The summed E-state index contributed by atoms with van der Waals surface area (Å²) in [6.45, 7) is 1.62. The van der Waals surface area contributed by atoms with Gasteiger partial charge in [0.1, 0.15) is 0 Å². The number of hydrazone groups is 1. The Bertz CT molecular complexity index is 1260. The summed E-state index contributed by atoms with van der Waals surface area (Å²) < 4.78 is 16.2. The van der Waals surface area contributed by atoms with Crippen LogP contribution in [0.15, 0.2) is 71.8 Å². The number of carbonyl (C=O) groups excluding carboxylic acids is 2. The Morgan fingerprint density at radius 3 is 2.51 bits per heavy atom. The van der Waals surface area contributed by atoms with E-state index in [1.807, 2.05) is 0 Å². The molecule has 0 aliphatic heterocycles. The molecule has 0 spiro atoms. The van der Waals surface area contributed by atoms with E-state index in [2.05, 4.69) is 10.5 Å². The summed E-state index contributed by atoms with van der Waals surface area (Å²) >= 11 is 6.05. The van der Waals surface area contributed by atoms with Gasteiger partial charge in [0.2, 0.25) is 0 Å². The van der Waals surface area contributed by atoms with E-state index < -0.39 is 23.4 Å². The lowest BCUT2D eigenvalue weighted by atomic mass is 10.2. The standard InChI is InChI=1S/C24H20ClN3O7/c1-2-33-22-13-16(11-12-21(22)35-24(30)17-7-3-4-8-18(17)25)14-26-27-23(29)15-34-20-10-6-5-9-19(20)28(31)32/h3-14H,2,15H2,1H3,(H,27,29)/b26-14-. The fraction of sp³-hybridized carbons (Fsp3) is 0.125. The zero-order valence-corrected chi connectivity index (χ0v) is 19.2. The number of hydrogen-bond donors (Lipinski definition) is 1. The summed E-state index contributed by atoms with van der Waals surface area (Å²) in [6, 6.07) is 17.0. The maximum Gasteiger partial charge on any atom is 0.345 e. The molecule has 0 aliphatic carbocycles. The van der Waals surface area contributed by atoms with Gasteiger partial charge in [-0.2, -0.15) is 5.10 Å². The fourth-order valence-corrected chi connectivity index (χ4v) is 3.04. The minimum Gasteiger partial charge on any atom is -0.490 e. The van der Waals surface area contributed by atoms with Gasteiger partial charge in [-0.05, 0) is 48.9 Å². The SMILES string of the molecule is CCOc1cc(/C=N\NC(=O)COc2ccccc2[N+](=O)[O-])ccc1OC(=O)c1ccccc1Cl. The molecule has 11 heteroatoms. The number of para-hydroxylation sites is 2. The second-order valence-corrected chi connectivity index (χ2v) is 7.22. The fourth-order valence-electron chi connectivity index (χ4n) is 2.82. The van der Waals surface area contributed by atoms with E-state index in [-0.39, 0.29) is 27.8 Å². The zero-order valence-electron chi connectivity index (χ0n) is 18.5. The van der Waals surface area contributed by atoms with E-state index in [9.17, 15) is 19.7 Å². The van der Waals surface area contributed by atoms with Crippen molar-refractivity contribution in [3.63, 3.8) is 0 Å². The molecule has 1 N–H and O–H groups in total. The topological polar surface area (TPSA) is 129 Å². The number of ether oxygens (including phenoxy) is 3. The van der Waals surface area contributed by atoms with Crippen molar-refractivity contribution in [2.75, 3.05) is 13.2 Å². The summed E-state index contributed by atoms with van der Waals surface area (Å²) in [5.74, 6) is -0.794. The number of rotatable bonds is 10. The van der Waals surface area contributed by atoms with Gasteiger partial charge in [0.25, 0.3) is 5.91 Å². The zero-order chi connectivity index (χ0) is 25.2. The van der Waals surface area contributed by atoms with Gasteiger partial charge in [0.05, 0.1) is 28.3 Å². The molecule has 3 aromatic rings. The smallest absolute Gasteiger partial charge is 0.345 e. The number of nitrogens with zero attached hydrogens (tertiary/aromatic N) is 2. The first-order valence-electron chi connectivity index (χ1n) is 10.3. The molecule has 180 valence electrons. The molecule has 0 heterocycles. The number of benzene rings is 3. The molecule has 0 unspecified atom stereocenters. The third-order valence-electron chi connectivity index (χ3n) is 4.39. The van der Waals surface area contributed by atoms with Crippen LogP contribution >= 0.6 is 11.6 Å². The second-order valence-electron chi connectivity index (χ2n) is 6.82. The molecule has 10 nitrogen and oxygen atoms in total. The van der Waals surface area contributed by atoms with Crippen molar-refractivity contribution in [3.05, 3.63) is 93.0 Å². The average Bonchev–Trinajstić information content (AvgIpc) is 2.84. The third kappa shape index (κ3) is 7.02. The summed E-state index contributed by atoms with van der Waals surface area (Å²) in [6.07, 6.45) is 1.35. The summed E-state index contributed by atoms with van der Waals surface area (Å²) in [5, 5.41) is 15.1. The Hall–Kier alpha value is -4.44. The molecule has 35 heavy (non-hydrogen) atoms. The van der Waals surface area contributed by atoms with Crippen molar-refractivity contribution >= 4 is 35.4 Å². The molecule has 0 fully saturated rings. The molecule has 1 amide bonds. The van der Waals surface area contributed by atoms with Gasteiger partial charge in [-0.25, -0.2) is 10.2 Å². The predicted molar refractivity (Wildman–Crippen MR) is 128 cm³/mol. The van der Waals surface area contributed by atoms with Crippen LogP contribution < -0.4 is 19.6 Å². The van der Waals surface area contributed by atoms with Crippen molar-refractivity contribution in [2.45, 2.75) is 6.92 Å². The quantitative estimate of drug-likeness (QED) is 0.144. The molecule has 0 atom stereocenters. The normalized spacial score (nSPS) is 10.6. The van der Waals surface area contributed by atoms with E-state index in [4.69, 9.17) is 25.8 Å². The minimum absolute atomic E-state index is 0.0279. The van der Waals surface area contributed by atoms with Gasteiger partial charge < -0.3 is 14.2 Å². The first-order chi connectivity index (χ1) is 16.9. The highest BCUT2D eigenvalue weighted by molar-refractivity contribution is 6.33. The lowest BCUT2D eigenvalue weighted by Crippen LogP contribution is -2.24. The number of hydrogen-bond acceptors (Lipinski definition) is 8. The van der Waals surface area contributed by atoms with Crippen LogP contribution in [0.1, 0.15) is 22.8 Å². The number of carbonyl (C=O) groups is 2. The highest BCUT2D eigenvalue weighted by Gasteiger charge is 2.16. The van der Waals surface area contributed by atoms with Crippen molar-refractivity contribution in [1.29, 1.82) is 0 Å². The van der Waals surface area contributed by atoms with E-state index in [0.717, 1.165) is 0 Å². The number of nitrogens with one attached hydrogen (secondary N) is 1. The van der Waals surface area contributed by atoms with Gasteiger partial charge in [0.15, 0.2) is 23.9 Å². The number of amides is 1. The number of nitro groups is 1. The van der Waals surface area contributed by atoms with Gasteiger partial charge in [-0.3, -0.25) is 14.9 Å². The Morgan fingerprint density at radius 1 is 1.03 bits per heavy atom. The van der Waals surface area contributed by atoms with E-state index in [1.165, 1.54) is 30.5 Å². The van der Waals surface area contributed by atoms with Crippen molar-refractivity contribution in [1.82, 2.24) is 5.43 Å². The lowest BCUT2D eigenvalue weighted by molar-refractivity contribution is -0.385. The molecule has 0 aromatic heterocycles. The minimum atomic E-state index is -0.635. The summed E-state index contributed by atoms with van der Waals surface area (Å²) in [5.41, 5.74) is 2.79. The van der Waals surface area contributed by atoms with Crippen LogP contribution in [0.4, 0.5) is 5.69 Å². The van der Waals surface area contributed by atoms with E-state index >= 15 is 0 Å². The first kappa shape index (κ1) is 25.2. The molecule has 0 radical (unpaired) electrons. The predicted octanol–water partition coefficient (Wildman–Crippen LogP) is 4.40. The molecule has 0 saturated heterocycles. The highest BCUT2D eigenvalue weighted by Crippen LogP contribution is 2.30. The average molecular weight is 498 g/mol. The van der Waals surface area contributed by atoms with Crippen LogP contribution in [0.2, 0.25) is 5.02 Å². The van der Waals surface area contributed by atoms with Gasteiger partial charge in [-0.15, -0.1) is 0 Å². The van der Waals surface area contributed by atoms with Crippen molar-refractivity contribution in [2.24, 2.45) is 5.10 Å². The van der Waals surface area contributed by atoms with Crippen molar-refractivity contribution in [3.8, 4) is 17.2 Å². The van der Waals surface area contributed by atoms with Gasteiger partial charge >= 0.3 is 11.7 Å². The lowest BCUT2D eigenvalue weighted by Gasteiger charge is -2.12. The van der Waals surface area contributed by atoms with Crippen LogP contribution in [-0.2, 0) is 4.79 Å². The Kier molecular flexibility index (Phi) is 8.74. The maximum absolute atomic E-state index is 12.5. The van der Waals surface area contributed by atoms with Crippen molar-refractivity contribution < 1.29 is 28.7 Å². The van der Waals surface area contributed by atoms with Crippen LogP contribution in [0.25, 0.3) is 0 Å². The van der Waals surface area contributed by atoms with Crippen LogP contribution in [0.5, 0.6) is 17.2 Å². The number of esters is 1. The number of nitro benzene ring substituents is 1. The highest BCUT2D eigenvalue weighted by atomic mass is 35.5. The molecule has 0 saturated carbocycles. The monoisotopic (exact) mass is 497 g/mol. The molecule has 3 aromatic carbocycles. The largest absolute Gasteiger partial charge is 0.490 e. The second kappa shape index (κ2) is 12.1. The van der Waals surface area contributed by atoms with E-state index in [1.54, 1.807) is 49.4 Å². The van der Waals surface area contributed by atoms with E-state index in [0.29, 0.717) is 17.9 Å². The molecule has 0 aliphatic rings. The summed E-state index contributed by atoms with van der Waals surface area (Å²) in [4.78, 5) is 34.8. The Morgan fingerprint density at radius 2 is 1.77 bits per heavy atom. The van der Waals surface area contributed by atoms with Crippen LogP contribution in [0, 0.1) is 10.1 Å². The molecule has 3 rings (SSSR count).